The van der Waals surface area contributed by atoms with Crippen LogP contribution in [0.1, 0.15) is 23.3 Å². The molecule has 0 spiro atoms. The Balaban J connectivity index is 0.00000144. The van der Waals surface area contributed by atoms with E-state index in [-0.39, 0.29) is 24.4 Å². The maximum atomic E-state index is 12.7. The van der Waals surface area contributed by atoms with Crippen molar-refractivity contribution in [2.45, 2.75) is 18.9 Å². The molecular formula is C16H19BrClN3O. The molecule has 1 aromatic heterocycles. The predicted octanol–water partition coefficient (Wildman–Crippen LogP) is 3.16. The fraction of sp³-hybridized carbons (Fsp3) is 0.438. The van der Waals surface area contributed by atoms with Gasteiger partial charge in [-0.3, -0.25) is 4.79 Å². The van der Waals surface area contributed by atoms with E-state index in [1.165, 1.54) is 0 Å². The van der Waals surface area contributed by atoms with E-state index in [1.807, 2.05) is 29.2 Å². The van der Waals surface area contributed by atoms with Gasteiger partial charge in [-0.25, -0.2) is 0 Å². The number of carbonyl (C=O) groups is 1. The van der Waals surface area contributed by atoms with Gasteiger partial charge in [-0.1, -0.05) is 15.9 Å². The SMILES string of the molecule is Cl.NC1CCC2CN(C(=O)c3cc4cc(Br)ccc4[nH]3)CC12. The van der Waals surface area contributed by atoms with Gasteiger partial charge < -0.3 is 15.6 Å². The maximum absolute atomic E-state index is 12.7. The highest BCUT2D eigenvalue weighted by atomic mass is 79.9. The first-order valence-corrected chi connectivity index (χ1v) is 8.24. The molecule has 4 nitrogen and oxygen atoms in total. The summed E-state index contributed by atoms with van der Waals surface area (Å²) in [7, 11) is 0. The smallest absolute Gasteiger partial charge is 0.270 e. The van der Waals surface area contributed by atoms with Crippen molar-refractivity contribution < 1.29 is 4.79 Å². The Labute approximate surface area is 144 Å². The zero-order chi connectivity index (χ0) is 14.6. The topological polar surface area (TPSA) is 62.1 Å². The van der Waals surface area contributed by atoms with Gasteiger partial charge in [0, 0.05) is 34.5 Å². The van der Waals surface area contributed by atoms with E-state index in [1.54, 1.807) is 0 Å². The molecule has 1 aromatic carbocycles. The van der Waals surface area contributed by atoms with Gasteiger partial charge in [0.05, 0.1) is 0 Å². The van der Waals surface area contributed by atoms with Crippen LogP contribution in [0.15, 0.2) is 28.7 Å². The van der Waals surface area contributed by atoms with Crippen molar-refractivity contribution in [2.24, 2.45) is 17.6 Å². The van der Waals surface area contributed by atoms with Crippen molar-refractivity contribution in [2.75, 3.05) is 13.1 Å². The van der Waals surface area contributed by atoms with Crippen LogP contribution in [0.25, 0.3) is 10.9 Å². The third-order valence-corrected chi connectivity index (χ3v) is 5.51. The Morgan fingerprint density at radius 1 is 1.27 bits per heavy atom. The van der Waals surface area contributed by atoms with Crippen LogP contribution in [-0.2, 0) is 0 Å². The van der Waals surface area contributed by atoms with Gasteiger partial charge in [-0.05, 0) is 48.9 Å². The predicted molar refractivity (Wildman–Crippen MR) is 93.3 cm³/mol. The minimum Gasteiger partial charge on any atom is -0.351 e. The van der Waals surface area contributed by atoms with Gasteiger partial charge in [0.25, 0.3) is 5.91 Å². The summed E-state index contributed by atoms with van der Waals surface area (Å²) in [5.41, 5.74) is 7.82. The van der Waals surface area contributed by atoms with Gasteiger partial charge >= 0.3 is 0 Å². The first-order valence-electron chi connectivity index (χ1n) is 7.45. The number of nitrogens with one attached hydrogen (secondary N) is 1. The number of fused-ring (bicyclic) bond motifs is 2. The summed E-state index contributed by atoms with van der Waals surface area (Å²) in [5, 5.41) is 1.06. The number of benzene rings is 1. The van der Waals surface area contributed by atoms with Crippen molar-refractivity contribution >= 4 is 45.1 Å². The van der Waals surface area contributed by atoms with E-state index in [0.717, 1.165) is 41.3 Å². The standard InChI is InChI=1S/C16H18BrN3O.ClH/c17-11-2-4-14-10(5-11)6-15(19-14)16(21)20-7-9-1-3-13(18)12(9)8-20;/h2,4-6,9,12-13,19H,1,3,7-8,18H2;1H. The van der Waals surface area contributed by atoms with Crippen molar-refractivity contribution in [3.8, 4) is 0 Å². The van der Waals surface area contributed by atoms with Crippen LogP contribution < -0.4 is 5.73 Å². The van der Waals surface area contributed by atoms with Gasteiger partial charge in [-0.2, -0.15) is 0 Å². The first-order chi connectivity index (χ1) is 10.1. The summed E-state index contributed by atoms with van der Waals surface area (Å²) >= 11 is 3.46. The van der Waals surface area contributed by atoms with Crippen LogP contribution in [-0.4, -0.2) is 34.9 Å². The molecule has 3 unspecified atom stereocenters. The Morgan fingerprint density at radius 3 is 2.86 bits per heavy atom. The molecule has 3 N–H and O–H groups in total. The molecule has 1 saturated carbocycles. The van der Waals surface area contributed by atoms with Crippen LogP contribution in [0, 0.1) is 11.8 Å². The summed E-state index contributed by atoms with van der Waals surface area (Å²) in [5.74, 6) is 1.19. The molecule has 2 heterocycles. The molecule has 6 heteroatoms. The molecule has 1 aliphatic heterocycles. The lowest BCUT2D eigenvalue weighted by Crippen LogP contribution is -2.33. The third-order valence-electron chi connectivity index (χ3n) is 5.01. The number of halogens is 2. The zero-order valence-electron chi connectivity index (χ0n) is 12.1. The number of aromatic nitrogens is 1. The molecule has 1 amide bonds. The van der Waals surface area contributed by atoms with Crippen molar-refractivity contribution in [3.05, 3.63) is 34.4 Å². The monoisotopic (exact) mass is 383 g/mol. The van der Waals surface area contributed by atoms with E-state index < -0.39 is 0 Å². The molecule has 2 aliphatic rings. The Morgan fingerprint density at radius 2 is 2.09 bits per heavy atom. The molecule has 0 bridgehead atoms. The molecule has 2 fully saturated rings. The number of amides is 1. The minimum absolute atomic E-state index is 0. The van der Waals surface area contributed by atoms with E-state index >= 15 is 0 Å². The van der Waals surface area contributed by atoms with Crippen molar-refractivity contribution in [1.82, 2.24) is 9.88 Å². The molecule has 1 saturated heterocycles. The molecule has 3 atom stereocenters. The Hall–Kier alpha value is -1.04. The van der Waals surface area contributed by atoms with Gasteiger partial charge in [-0.15, -0.1) is 12.4 Å². The van der Waals surface area contributed by atoms with Crippen LogP contribution in [0.5, 0.6) is 0 Å². The van der Waals surface area contributed by atoms with Gasteiger partial charge in [0.2, 0.25) is 0 Å². The van der Waals surface area contributed by atoms with E-state index in [4.69, 9.17) is 5.73 Å². The average molecular weight is 385 g/mol. The number of H-pyrrole nitrogens is 1. The molecule has 4 rings (SSSR count). The lowest BCUT2D eigenvalue weighted by Gasteiger charge is -2.17. The highest BCUT2D eigenvalue weighted by Crippen LogP contribution is 2.37. The number of hydrogen-bond donors (Lipinski definition) is 2. The van der Waals surface area contributed by atoms with Crippen molar-refractivity contribution in [1.29, 1.82) is 0 Å². The van der Waals surface area contributed by atoms with Crippen molar-refractivity contribution in [3.63, 3.8) is 0 Å². The fourth-order valence-corrected chi connectivity index (χ4v) is 4.24. The van der Waals surface area contributed by atoms with Crippen LogP contribution >= 0.6 is 28.3 Å². The van der Waals surface area contributed by atoms with Crippen LogP contribution in [0.4, 0.5) is 0 Å². The number of carbonyl (C=O) groups excluding carboxylic acids is 1. The highest BCUT2D eigenvalue weighted by molar-refractivity contribution is 9.10. The number of nitrogens with two attached hydrogens (primary N) is 1. The minimum atomic E-state index is 0. The second-order valence-electron chi connectivity index (χ2n) is 6.29. The Bertz CT molecular complexity index is 716. The number of nitrogens with zero attached hydrogens (tertiary/aromatic N) is 1. The van der Waals surface area contributed by atoms with Crippen LogP contribution in [0.2, 0.25) is 0 Å². The summed E-state index contributed by atoms with van der Waals surface area (Å²) in [6, 6.07) is 8.21. The molecule has 118 valence electrons. The first kappa shape index (κ1) is 15.8. The van der Waals surface area contributed by atoms with E-state index in [9.17, 15) is 4.79 Å². The summed E-state index contributed by atoms with van der Waals surface area (Å²) in [6.07, 6.45) is 2.27. The molecule has 0 radical (unpaired) electrons. The molecule has 22 heavy (non-hydrogen) atoms. The lowest BCUT2D eigenvalue weighted by atomic mass is 9.98. The molecule has 1 aliphatic carbocycles. The highest BCUT2D eigenvalue weighted by Gasteiger charge is 2.42. The van der Waals surface area contributed by atoms with Gasteiger partial charge in [0.1, 0.15) is 5.69 Å². The Kier molecular flexibility index (Phi) is 4.23. The third kappa shape index (κ3) is 2.55. The maximum Gasteiger partial charge on any atom is 0.270 e. The largest absolute Gasteiger partial charge is 0.351 e. The average Bonchev–Trinajstić information content (AvgIpc) is 3.13. The second kappa shape index (κ2) is 5.87. The fourth-order valence-electron chi connectivity index (χ4n) is 3.86. The molecule has 2 aromatic rings. The normalized spacial score (nSPS) is 27.0. The van der Waals surface area contributed by atoms with E-state index in [2.05, 4.69) is 20.9 Å². The van der Waals surface area contributed by atoms with Gasteiger partial charge in [0.15, 0.2) is 0 Å². The summed E-state index contributed by atoms with van der Waals surface area (Å²) in [6.45, 7) is 1.67. The summed E-state index contributed by atoms with van der Waals surface area (Å²) < 4.78 is 1.02. The number of hydrogen-bond acceptors (Lipinski definition) is 2. The number of rotatable bonds is 1. The quantitative estimate of drug-likeness (QED) is 0.793. The lowest BCUT2D eigenvalue weighted by molar-refractivity contribution is 0.0774. The zero-order valence-corrected chi connectivity index (χ0v) is 14.5. The number of aromatic amines is 1. The summed E-state index contributed by atoms with van der Waals surface area (Å²) in [4.78, 5) is 17.9. The molecular weight excluding hydrogens is 366 g/mol. The van der Waals surface area contributed by atoms with Crippen LogP contribution in [0.3, 0.4) is 0 Å². The second-order valence-corrected chi connectivity index (χ2v) is 7.21. The van der Waals surface area contributed by atoms with E-state index in [0.29, 0.717) is 17.5 Å². The number of likely N-dealkylation sites (tertiary alicyclic amines) is 1.